The third kappa shape index (κ3) is 7.33. The zero-order chi connectivity index (χ0) is 26.0. The first-order chi connectivity index (χ1) is 18.0. The van der Waals surface area contributed by atoms with Crippen LogP contribution in [0.2, 0.25) is 0 Å². The van der Waals surface area contributed by atoms with Gasteiger partial charge in [0.1, 0.15) is 23.9 Å². The summed E-state index contributed by atoms with van der Waals surface area (Å²) in [6.45, 7) is 1.70. The van der Waals surface area contributed by atoms with Crippen molar-refractivity contribution in [2.24, 2.45) is 0 Å². The maximum atomic E-state index is 13.6. The van der Waals surface area contributed by atoms with Crippen molar-refractivity contribution in [3.8, 4) is 23.3 Å². The van der Waals surface area contributed by atoms with Crippen LogP contribution < -0.4 is 9.47 Å². The summed E-state index contributed by atoms with van der Waals surface area (Å²) in [5.41, 5.74) is 5.33. The fourth-order valence-corrected chi connectivity index (χ4v) is 3.67. The van der Waals surface area contributed by atoms with Gasteiger partial charge in [-0.1, -0.05) is 54.3 Å². The lowest BCUT2D eigenvalue weighted by atomic mass is 9.96. The Balaban J connectivity index is 1.52. The number of ether oxygens (including phenoxy) is 2. The molecule has 0 aromatic heterocycles. The molecule has 1 N–H and O–H groups in total. The first-order valence-corrected chi connectivity index (χ1v) is 11.7. The summed E-state index contributed by atoms with van der Waals surface area (Å²) in [6, 6.07) is 29.3. The van der Waals surface area contributed by atoms with Gasteiger partial charge >= 0.3 is 5.97 Å². The van der Waals surface area contributed by atoms with Gasteiger partial charge in [-0.15, -0.1) is 0 Å². The van der Waals surface area contributed by atoms with Crippen molar-refractivity contribution >= 4 is 11.5 Å². The van der Waals surface area contributed by atoms with Crippen molar-refractivity contribution in [3.63, 3.8) is 0 Å². The number of carboxylic acid groups (broad SMARTS) is 1. The second-order valence-corrected chi connectivity index (χ2v) is 8.24. The number of benzene rings is 4. The molecule has 4 nitrogen and oxygen atoms in total. The zero-order valence-corrected chi connectivity index (χ0v) is 20.3. The van der Waals surface area contributed by atoms with Gasteiger partial charge in [0.05, 0.1) is 0 Å². The van der Waals surface area contributed by atoms with Crippen LogP contribution in [0.3, 0.4) is 0 Å². The predicted octanol–water partition coefficient (Wildman–Crippen LogP) is 6.51. The van der Waals surface area contributed by atoms with Gasteiger partial charge < -0.3 is 14.6 Å². The van der Waals surface area contributed by atoms with Gasteiger partial charge in [-0.3, -0.25) is 0 Å². The fraction of sp³-hybridized carbons (Fsp3) is 0.0938. The van der Waals surface area contributed by atoms with Crippen molar-refractivity contribution in [1.82, 2.24) is 0 Å². The summed E-state index contributed by atoms with van der Waals surface area (Å²) in [6.07, 6.45) is 1.95. The molecule has 0 saturated heterocycles. The highest BCUT2D eigenvalue weighted by atomic mass is 19.1. The van der Waals surface area contributed by atoms with Gasteiger partial charge in [-0.25, -0.2) is 9.18 Å². The van der Waals surface area contributed by atoms with E-state index in [9.17, 15) is 9.18 Å². The molecule has 0 saturated carbocycles. The highest BCUT2D eigenvalue weighted by Gasteiger charge is 2.08. The Kier molecular flexibility index (Phi) is 8.36. The van der Waals surface area contributed by atoms with Gasteiger partial charge in [-0.05, 0) is 89.9 Å². The van der Waals surface area contributed by atoms with E-state index < -0.39 is 12.6 Å². The summed E-state index contributed by atoms with van der Waals surface area (Å²) in [7, 11) is 0. The predicted molar refractivity (Wildman–Crippen MR) is 142 cm³/mol. The Morgan fingerprint density at radius 1 is 0.838 bits per heavy atom. The minimum Gasteiger partial charge on any atom is -0.489 e. The molecular weight excluding hydrogens is 467 g/mol. The summed E-state index contributed by atoms with van der Waals surface area (Å²) in [5.74, 6) is 6.12. The van der Waals surface area contributed by atoms with Crippen LogP contribution in [-0.4, -0.2) is 24.3 Å². The van der Waals surface area contributed by atoms with E-state index in [0.717, 1.165) is 33.4 Å². The van der Waals surface area contributed by atoms with Gasteiger partial charge in [0, 0.05) is 11.1 Å². The molecule has 0 aliphatic rings. The van der Waals surface area contributed by atoms with Crippen molar-refractivity contribution in [2.75, 3.05) is 13.2 Å². The number of halogens is 1. The minimum absolute atomic E-state index is 0.275. The van der Waals surface area contributed by atoms with Gasteiger partial charge in [0.15, 0.2) is 6.61 Å². The van der Waals surface area contributed by atoms with E-state index >= 15 is 0 Å². The topological polar surface area (TPSA) is 55.8 Å². The Bertz CT molecular complexity index is 1450. The normalized spacial score (nSPS) is 10.8. The molecular formula is C32H25FO4. The number of carboxylic acids is 1. The van der Waals surface area contributed by atoms with E-state index in [2.05, 4.69) is 11.8 Å². The molecule has 0 atom stereocenters. The van der Waals surface area contributed by atoms with Crippen molar-refractivity contribution in [3.05, 3.63) is 137 Å². The molecule has 0 heterocycles. The van der Waals surface area contributed by atoms with Crippen LogP contribution in [0.1, 0.15) is 27.8 Å². The second-order valence-electron chi connectivity index (χ2n) is 8.24. The first kappa shape index (κ1) is 25.3. The molecule has 0 bridgehead atoms. The Morgan fingerprint density at radius 2 is 1.46 bits per heavy atom. The fourth-order valence-electron chi connectivity index (χ4n) is 3.67. The molecule has 4 rings (SSSR count). The van der Waals surface area contributed by atoms with Crippen LogP contribution in [0.25, 0.3) is 5.57 Å². The van der Waals surface area contributed by atoms with Gasteiger partial charge in [0.2, 0.25) is 0 Å². The molecule has 4 aromatic carbocycles. The lowest BCUT2D eigenvalue weighted by Gasteiger charge is -2.12. The van der Waals surface area contributed by atoms with E-state index in [0.29, 0.717) is 11.5 Å². The summed E-state index contributed by atoms with van der Waals surface area (Å²) < 4.78 is 24.8. The maximum Gasteiger partial charge on any atom is 0.341 e. The molecule has 0 aliphatic heterocycles. The lowest BCUT2D eigenvalue weighted by Crippen LogP contribution is -2.10. The highest BCUT2D eigenvalue weighted by molar-refractivity contribution is 5.80. The highest BCUT2D eigenvalue weighted by Crippen LogP contribution is 2.26. The maximum absolute atomic E-state index is 13.6. The molecule has 0 unspecified atom stereocenters. The van der Waals surface area contributed by atoms with Crippen LogP contribution >= 0.6 is 0 Å². The van der Waals surface area contributed by atoms with Crippen molar-refractivity contribution < 1.29 is 23.8 Å². The summed E-state index contributed by atoms with van der Waals surface area (Å²) >= 11 is 0. The van der Waals surface area contributed by atoms with Crippen LogP contribution in [0.5, 0.6) is 11.5 Å². The number of hydrogen-bond acceptors (Lipinski definition) is 3. The monoisotopic (exact) mass is 492 g/mol. The molecule has 5 heteroatoms. The molecule has 0 radical (unpaired) electrons. The van der Waals surface area contributed by atoms with Crippen LogP contribution in [-0.2, 0) is 4.79 Å². The average molecular weight is 493 g/mol. The minimum atomic E-state index is -1.03. The molecule has 0 fully saturated rings. The van der Waals surface area contributed by atoms with Gasteiger partial charge in [-0.2, -0.15) is 0 Å². The Hall–Kier alpha value is -4.82. The average Bonchev–Trinajstić information content (AvgIpc) is 2.91. The van der Waals surface area contributed by atoms with E-state index in [-0.39, 0.29) is 12.4 Å². The van der Waals surface area contributed by atoms with Crippen molar-refractivity contribution in [2.45, 2.75) is 6.92 Å². The molecule has 184 valence electrons. The third-order valence-corrected chi connectivity index (χ3v) is 5.51. The number of aliphatic carboxylic acids is 1. The van der Waals surface area contributed by atoms with Crippen LogP contribution in [0.4, 0.5) is 4.39 Å². The summed E-state index contributed by atoms with van der Waals surface area (Å²) in [5, 5.41) is 8.80. The number of carbonyl (C=O) groups is 1. The quantitative estimate of drug-likeness (QED) is 0.285. The SMILES string of the molecule is Cc1cc(OC/C=C(/c2ccc(F)cc2)c2ccc(C#Cc3ccccc3)cc2)ccc1OCC(=O)O. The van der Waals surface area contributed by atoms with Crippen LogP contribution in [0.15, 0.2) is 103 Å². The standard InChI is InChI=1S/C32H25FO4/c1-23-21-29(17-18-31(23)37-22-32(34)35)36-20-19-30(27-13-15-28(33)16-14-27)26-11-9-25(10-12-26)8-7-24-5-3-2-4-6-24/h2-6,9-19,21H,20,22H2,1H3,(H,34,35)/b30-19+. The van der Waals surface area contributed by atoms with E-state index in [1.807, 2.05) is 67.6 Å². The second kappa shape index (κ2) is 12.2. The molecule has 0 amide bonds. The first-order valence-electron chi connectivity index (χ1n) is 11.7. The molecule has 4 aromatic rings. The Morgan fingerprint density at radius 3 is 2.08 bits per heavy atom. The van der Waals surface area contributed by atoms with E-state index in [1.54, 1.807) is 30.3 Å². The van der Waals surface area contributed by atoms with Gasteiger partial charge in [0.25, 0.3) is 0 Å². The van der Waals surface area contributed by atoms with Crippen LogP contribution in [0, 0.1) is 24.6 Å². The number of aryl methyl sites for hydroxylation is 1. The number of rotatable bonds is 8. The Labute approximate surface area is 215 Å². The summed E-state index contributed by atoms with van der Waals surface area (Å²) in [4.78, 5) is 10.7. The van der Waals surface area contributed by atoms with Crippen molar-refractivity contribution in [1.29, 1.82) is 0 Å². The number of hydrogen-bond donors (Lipinski definition) is 1. The zero-order valence-electron chi connectivity index (χ0n) is 20.3. The molecule has 0 spiro atoms. The van der Waals surface area contributed by atoms with E-state index in [4.69, 9.17) is 14.6 Å². The lowest BCUT2D eigenvalue weighted by molar-refractivity contribution is -0.139. The van der Waals surface area contributed by atoms with E-state index in [1.165, 1.54) is 12.1 Å². The molecule has 0 aliphatic carbocycles. The molecule has 37 heavy (non-hydrogen) atoms. The smallest absolute Gasteiger partial charge is 0.341 e. The third-order valence-electron chi connectivity index (χ3n) is 5.51. The largest absolute Gasteiger partial charge is 0.489 e.